The van der Waals surface area contributed by atoms with Gasteiger partial charge in [-0.15, -0.1) is 0 Å². The molecule has 4 aromatic rings. The molecule has 4 nitrogen and oxygen atoms in total. The van der Waals surface area contributed by atoms with E-state index in [1.54, 1.807) is 6.20 Å². The number of hydrogen-bond donors (Lipinski definition) is 0. The van der Waals surface area contributed by atoms with Gasteiger partial charge in [-0.3, -0.25) is 4.98 Å². The average molecular weight is 300 g/mol. The van der Waals surface area contributed by atoms with E-state index in [4.69, 9.17) is 0 Å². The van der Waals surface area contributed by atoms with Crippen molar-refractivity contribution in [2.75, 3.05) is 0 Å². The summed E-state index contributed by atoms with van der Waals surface area (Å²) in [7, 11) is 0. The Morgan fingerprint density at radius 2 is 1.70 bits per heavy atom. The van der Waals surface area contributed by atoms with Gasteiger partial charge in [0.05, 0.1) is 6.20 Å². The van der Waals surface area contributed by atoms with Gasteiger partial charge in [0.15, 0.2) is 5.82 Å². The smallest absolute Gasteiger partial charge is 0.161 e. The first-order chi connectivity index (χ1) is 11.2. The Morgan fingerprint density at radius 3 is 2.52 bits per heavy atom. The second kappa shape index (κ2) is 5.32. The Labute approximate surface area is 134 Å². The molecule has 0 unspecified atom stereocenters. The molecule has 4 heteroatoms. The van der Waals surface area contributed by atoms with Crippen LogP contribution in [-0.4, -0.2) is 19.7 Å². The molecule has 0 bridgehead atoms. The van der Waals surface area contributed by atoms with E-state index in [9.17, 15) is 0 Å². The van der Waals surface area contributed by atoms with E-state index in [1.165, 1.54) is 16.5 Å². The molecule has 0 aliphatic heterocycles. The number of pyridine rings is 2. The number of aromatic nitrogens is 4. The Morgan fingerprint density at radius 1 is 0.870 bits per heavy atom. The lowest BCUT2D eigenvalue weighted by molar-refractivity contribution is 0.855. The molecule has 3 heterocycles. The standard InChI is InChI=1S/C19H16N4/c1-13-7-8-20-11-18(13)15-10-22-23(12-15)19-17-6-4-3-5-16(17)14(2)9-21-19/h3-12H,1-2H3. The molecule has 0 aliphatic carbocycles. The van der Waals surface area contributed by atoms with Crippen LogP contribution in [0, 0.1) is 13.8 Å². The lowest BCUT2D eigenvalue weighted by Crippen LogP contribution is -1.99. The van der Waals surface area contributed by atoms with Gasteiger partial charge in [-0.1, -0.05) is 24.3 Å². The summed E-state index contributed by atoms with van der Waals surface area (Å²) in [5.41, 5.74) is 4.48. The van der Waals surface area contributed by atoms with E-state index in [1.807, 2.05) is 47.7 Å². The van der Waals surface area contributed by atoms with Crippen molar-refractivity contribution in [2.24, 2.45) is 0 Å². The van der Waals surface area contributed by atoms with Gasteiger partial charge in [0.1, 0.15) is 0 Å². The molecule has 3 aromatic heterocycles. The quantitative estimate of drug-likeness (QED) is 0.560. The first-order valence-corrected chi connectivity index (χ1v) is 7.54. The minimum atomic E-state index is 0.846. The Hall–Kier alpha value is -3.01. The van der Waals surface area contributed by atoms with Gasteiger partial charge in [-0.05, 0) is 36.4 Å². The second-order valence-corrected chi connectivity index (χ2v) is 5.67. The van der Waals surface area contributed by atoms with Crippen molar-refractivity contribution in [3.05, 3.63) is 72.4 Å². The zero-order chi connectivity index (χ0) is 15.8. The van der Waals surface area contributed by atoms with Gasteiger partial charge in [0.25, 0.3) is 0 Å². The van der Waals surface area contributed by atoms with Gasteiger partial charge in [0.2, 0.25) is 0 Å². The highest BCUT2D eigenvalue weighted by Crippen LogP contribution is 2.26. The average Bonchev–Trinajstić information content (AvgIpc) is 3.05. The molecule has 0 atom stereocenters. The first-order valence-electron chi connectivity index (χ1n) is 7.54. The normalized spacial score (nSPS) is 11.0. The summed E-state index contributed by atoms with van der Waals surface area (Å²) in [6.07, 6.45) is 9.44. The van der Waals surface area contributed by atoms with Crippen LogP contribution >= 0.6 is 0 Å². The molecule has 0 aliphatic rings. The van der Waals surface area contributed by atoms with E-state index in [0.717, 1.165) is 22.3 Å². The fourth-order valence-corrected chi connectivity index (χ4v) is 2.85. The van der Waals surface area contributed by atoms with Gasteiger partial charge >= 0.3 is 0 Å². The van der Waals surface area contributed by atoms with Crippen molar-refractivity contribution >= 4 is 10.8 Å². The topological polar surface area (TPSA) is 43.6 Å². The summed E-state index contributed by atoms with van der Waals surface area (Å²) in [5, 5.41) is 6.81. The van der Waals surface area contributed by atoms with Crippen LogP contribution in [0.15, 0.2) is 61.3 Å². The van der Waals surface area contributed by atoms with Crippen molar-refractivity contribution in [3.63, 3.8) is 0 Å². The van der Waals surface area contributed by atoms with E-state index in [0.29, 0.717) is 0 Å². The number of nitrogens with zero attached hydrogens (tertiary/aromatic N) is 4. The molecule has 4 rings (SSSR count). The molecule has 0 spiro atoms. The lowest BCUT2D eigenvalue weighted by atomic mass is 10.1. The molecule has 0 saturated heterocycles. The van der Waals surface area contributed by atoms with Crippen molar-refractivity contribution < 1.29 is 0 Å². The van der Waals surface area contributed by atoms with Crippen LogP contribution in [0.1, 0.15) is 11.1 Å². The van der Waals surface area contributed by atoms with Gasteiger partial charge in [0, 0.05) is 41.3 Å². The maximum atomic E-state index is 4.59. The van der Waals surface area contributed by atoms with Crippen LogP contribution in [0.4, 0.5) is 0 Å². The molecule has 0 radical (unpaired) electrons. The predicted octanol–water partition coefficient (Wildman–Crippen LogP) is 4.10. The fourth-order valence-electron chi connectivity index (χ4n) is 2.85. The molecule has 0 amide bonds. The van der Waals surface area contributed by atoms with Crippen molar-refractivity contribution in [1.82, 2.24) is 19.7 Å². The van der Waals surface area contributed by atoms with Gasteiger partial charge in [-0.25, -0.2) is 9.67 Å². The highest BCUT2D eigenvalue weighted by atomic mass is 15.3. The lowest BCUT2D eigenvalue weighted by Gasteiger charge is -2.07. The highest BCUT2D eigenvalue weighted by molar-refractivity contribution is 5.90. The van der Waals surface area contributed by atoms with Crippen molar-refractivity contribution in [1.29, 1.82) is 0 Å². The Balaban J connectivity index is 1.88. The van der Waals surface area contributed by atoms with Crippen LogP contribution in [0.5, 0.6) is 0 Å². The molecule has 1 aromatic carbocycles. The van der Waals surface area contributed by atoms with Crippen LogP contribution in [0.3, 0.4) is 0 Å². The van der Waals surface area contributed by atoms with Crippen LogP contribution in [0.25, 0.3) is 27.7 Å². The molecular formula is C19H16N4. The SMILES string of the molecule is Cc1ccncc1-c1cnn(-c2ncc(C)c3ccccc23)c1. The summed E-state index contributed by atoms with van der Waals surface area (Å²) < 4.78 is 1.84. The van der Waals surface area contributed by atoms with Crippen molar-refractivity contribution in [2.45, 2.75) is 13.8 Å². The Bertz CT molecular complexity index is 1000. The molecule has 0 N–H and O–H groups in total. The summed E-state index contributed by atoms with van der Waals surface area (Å²) in [4.78, 5) is 8.80. The Kier molecular flexibility index (Phi) is 3.15. The predicted molar refractivity (Wildman–Crippen MR) is 91.6 cm³/mol. The maximum absolute atomic E-state index is 4.59. The second-order valence-electron chi connectivity index (χ2n) is 5.67. The van der Waals surface area contributed by atoms with Crippen LogP contribution in [-0.2, 0) is 0 Å². The van der Waals surface area contributed by atoms with Crippen LogP contribution < -0.4 is 0 Å². The minimum Gasteiger partial charge on any atom is -0.264 e. The number of aryl methyl sites for hydroxylation is 2. The number of rotatable bonds is 2. The van der Waals surface area contributed by atoms with E-state index in [2.05, 4.69) is 41.0 Å². The molecule has 0 fully saturated rings. The zero-order valence-corrected chi connectivity index (χ0v) is 13.1. The molecule has 112 valence electrons. The third-order valence-corrected chi connectivity index (χ3v) is 4.12. The fraction of sp³-hybridized carbons (Fsp3) is 0.105. The van der Waals surface area contributed by atoms with Crippen molar-refractivity contribution in [3.8, 4) is 16.9 Å². The van der Waals surface area contributed by atoms with E-state index in [-0.39, 0.29) is 0 Å². The minimum absolute atomic E-state index is 0.846. The third-order valence-electron chi connectivity index (χ3n) is 4.12. The summed E-state index contributed by atoms with van der Waals surface area (Å²) in [6, 6.07) is 10.3. The number of hydrogen-bond acceptors (Lipinski definition) is 3. The third kappa shape index (κ3) is 2.28. The molecule has 0 saturated carbocycles. The van der Waals surface area contributed by atoms with E-state index >= 15 is 0 Å². The van der Waals surface area contributed by atoms with Gasteiger partial charge in [-0.2, -0.15) is 5.10 Å². The molecule has 23 heavy (non-hydrogen) atoms. The monoisotopic (exact) mass is 300 g/mol. The molecular weight excluding hydrogens is 284 g/mol. The zero-order valence-electron chi connectivity index (χ0n) is 13.1. The summed E-state index contributed by atoms with van der Waals surface area (Å²) in [5.74, 6) is 0.846. The largest absolute Gasteiger partial charge is 0.264 e. The first kappa shape index (κ1) is 13.6. The summed E-state index contributed by atoms with van der Waals surface area (Å²) in [6.45, 7) is 4.15. The van der Waals surface area contributed by atoms with Gasteiger partial charge < -0.3 is 0 Å². The number of benzene rings is 1. The highest BCUT2D eigenvalue weighted by Gasteiger charge is 2.10. The number of fused-ring (bicyclic) bond motifs is 1. The maximum Gasteiger partial charge on any atom is 0.161 e. The summed E-state index contributed by atoms with van der Waals surface area (Å²) >= 11 is 0. The van der Waals surface area contributed by atoms with E-state index < -0.39 is 0 Å². The van der Waals surface area contributed by atoms with Crippen LogP contribution in [0.2, 0.25) is 0 Å².